The lowest BCUT2D eigenvalue weighted by Gasteiger charge is -2.29. The first-order chi connectivity index (χ1) is 16.6. The van der Waals surface area contributed by atoms with Crippen molar-refractivity contribution in [1.29, 1.82) is 0 Å². The molecule has 0 saturated carbocycles. The van der Waals surface area contributed by atoms with Crippen LogP contribution in [0, 0.1) is 5.92 Å². The van der Waals surface area contributed by atoms with Crippen LogP contribution in [0.25, 0.3) is 10.2 Å². The van der Waals surface area contributed by atoms with E-state index in [1.807, 2.05) is 18.2 Å². The van der Waals surface area contributed by atoms with Crippen LogP contribution in [-0.2, 0) is 30.9 Å². The molecule has 1 amide bonds. The minimum absolute atomic E-state index is 0.0551. The van der Waals surface area contributed by atoms with Gasteiger partial charge in [-0.15, -0.1) is 11.3 Å². The van der Waals surface area contributed by atoms with Gasteiger partial charge in [0.2, 0.25) is 0 Å². The highest BCUT2D eigenvalue weighted by atomic mass is 35.5. The topological polar surface area (TPSA) is 98.0 Å². The zero-order valence-electron chi connectivity index (χ0n) is 19.6. The Labute approximate surface area is 216 Å². The van der Waals surface area contributed by atoms with Crippen molar-refractivity contribution in [2.45, 2.75) is 43.4 Å². The minimum atomic E-state index is -3.73. The first-order valence-corrected chi connectivity index (χ1v) is 14.6. The van der Waals surface area contributed by atoms with Crippen molar-refractivity contribution in [3.8, 4) is 0 Å². The number of ether oxygens (including phenoxy) is 1. The number of carbonyl (C=O) groups is 2. The standard InChI is InChI=1S/C23H26ClN3O5S3/c1-14(2)15-6-7-17-18(11-15)33-23(27(17)13-20(28)32-3)25-22(29)16-5-4-10-26(12-16)35(30,31)21-9-8-19(24)34-21/h6-9,11,14,16H,4-5,10,12-13H2,1-3H3. The molecular weight excluding hydrogens is 530 g/mol. The maximum atomic E-state index is 13.2. The number of nitrogens with zero attached hydrogens (tertiary/aromatic N) is 3. The summed E-state index contributed by atoms with van der Waals surface area (Å²) in [5.74, 6) is -1.10. The van der Waals surface area contributed by atoms with Gasteiger partial charge in [0.15, 0.2) is 4.80 Å². The lowest BCUT2D eigenvalue weighted by Crippen LogP contribution is -2.42. The molecule has 0 radical (unpaired) electrons. The Morgan fingerprint density at radius 1 is 1.23 bits per heavy atom. The average Bonchev–Trinajstić information content (AvgIpc) is 3.42. The van der Waals surface area contributed by atoms with Crippen molar-refractivity contribution in [3.05, 3.63) is 45.0 Å². The molecule has 1 saturated heterocycles. The third-order valence-electron chi connectivity index (χ3n) is 5.97. The molecule has 188 valence electrons. The van der Waals surface area contributed by atoms with Crippen LogP contribution < -0.4 is 4.80 Å². The molecular formula is C23H26ClN3O5S3. The lowest BCUT2D eigenvalue weighted by atomic mass is 9.99. The van der Waals surface area contributed by atoms with E-state index < -0.39 is 27.8 Å². The maximum Gasteiger partial charge on any atom is 0.325 e. The van der Waals surface area contributed by atoms with Crippen LogP contribution in [0.2, 0.25) is 4.34 Å². The van der Waals surface area contributed by atoms with Crippen LogP contribution in [0.3, 0.4) is 0 Å². The Morgan fingerprint density at radius 2 is 2.00 bits per heavy atom. The third-order valence-corrected chi connectivity index (χ3v) is 10.6. The van der Waals surface area contributed by atoms with Crippen molar-refractivity contribution in [3.63, 3.8) is 0 Å². The Bertz CT molecular complexity index is 1440. The minimum Gasteiger partial charge on any atom is -0.468 e. The van der Waals surface area contributed by atoms with E-state index in [0.29, 0.717) is 34.4 Å². The number of carbonyl (C=O) groups excluding carboxylic acids is 2. The summed E-state index contributed by atoms with van der Waals surface area (Å²) in [6.07, 6.45) is 1.09. The fourth-order valence-electron chi connectivity index (χ4n) is 3.99. The van der Waals surface area contributed by atoms with Crippen LogP contribution in [-0.4, -0.2) is 49.4 Å². The fourth-order valence-corrected chi connectivity index (χ4v) is 8.24. The number of methoxy groups -OCH3 is 1. The molecule has 1 atom stereocenters. The molecule has 8 nitrogen and oxygen atoms in total. The van der Waals surface area contributed by atoms with Crippen molar-refractivity contribution in [2.24, 2.45) is 10.9 Å². The lowest BCUT2D eigenvalue weighted by molar-refractivity contribution is -0.141. The number of rotatable bonds is 6. The maximum absolute atomic E-state index is 13.2. The number of thiazole rings is 1. The molecule has 4 rings (SSSR count). The van der Waals surface area contributed by atoms with E-state index in [-0.39, 0.29) is 17.3 Å². The van der Waals surface area contributed by atoms with E-state index in [2.05, 4.69) is 18.8 Å². The molecule has 1 aliphatic rings. The first-order valence-electron chi connectivity index (χ1n) is 11.1. The molecule has 35 heavy (non-hydrogen) atoms. The SMILES string of the molecule is COC(=O)Cn1c(=NC(=O)C2CCCN(S(=O)(=O)c3ccc(Cl)s3)C2)sc2cc(C(C)C)ccc21. The molecule has 0 aliphatic carbocycles. The smallest absolute Gasteiger partial charge is 0.325 e. The molecule has 1 aromatic carbocycles. The highest BCUT2D eigenvalue weighted by Gasteiger charge is 2.34. The molecule has 0 N–H and O–H groups in total. The van der Waals surface area contributed by atoms with E-state index in [0.717, 1.165) is 27.1 Å². The van der Waals surface area contributed by atoms with Crippen LogP contribution in [0.15, 0.2) is 39.5 Å². The number of esters is 1. The summed E-state index contributed by atoms with van der Waals surface area (Å²) in [6, 6.07) is 9.00. The monoisotopic (exact) mass is 555 g/mol. The summed E-state index contributed by atoms with van der Waals surface area (Å²) in [5, 5.41) is 0. The van der Waals surface area contributed by atoms with Gasteiger partial charge in [-0.2, -0.15) is 9.30 Å². The molecule has 1 unspecified atom stereocenters. The summed E-state index contributed by atoms with van der Waals surface area (Å²) >= 11 is 8.26. The van der Waals surface area contributed by atoms with E-state index in [9.17, 15) is 18.0 Å². The first kappa shape index (κ1) is 26.0. The third kappa shape index (κ3) is 5.54. The van der Waals surface area contributed by atoms with Crippen LogP contribution >= 0.6 is 34.3 Å². The molecule has 3 heterocycles. The second-order valence-electron chi connectivity index (χ2n) is 8.64. The van der Waals surface area contributed by atoms with Gasteiger partial charge >= 0.3 is 5.97 Å². The number of halogens is 1. The van der Waals surface area contributed by atoms with Gasteiger partial charge < -0.3 is 9.30 Å². The van der Waals surface area contributed by atoms with Crippen molar-refractivity contribution in [1.82, 2.24) is 8.87 Å². The molecule has 1 aliphatic heterocycles. The van der Waals surface area contributed by atoms with Gasteiger partial charge in [0.1, 0.15) is 10.8 Å². The van der Waals surface area contributed by atoms with E-state index >= 15 is 0 Å². The fraction of sp³-hybridized carbons (Fsp3) is 0.435. The normalized spacial score (nSPS) is 17.9. The summed E-state index contributed by atoms with van der Waals surface area (Å²) < 4.78 is 35.4. The second kappa shape index (κ2) is 10.5. The van der Waals surface area contributed by atoms with Gasteiger partial charge in [-0.1, -0.05) is 42.9 Å². The number of amides is 1. The Morgan fingerprint density at radius 3 is 2.66 bits per heavy atom. The number of benzene rings is 1. The van der Waals surface area contributed by atoms with E-state index in [1.54, 1.807) is 10.6 Å². The molecule has 1 fully saturated rings. The summed E-state index contributed by atoms with van der Waals surface area (Å²) in [6.45, 7) is 4.51. The van der Waals surface area contributed by atoms with Crippen LogP contribution in [0.5, 0.6) is 0 Å². The van der Waals surface area contributed by atoms with Gasteiger partial charge in [0.25, 0.3) is 15.9 Å². The summed E-state index contributed by atoms with van der Waals surface area (Å²) in [4.78, 5) is 30.1. The van der Waals surface area contributed by atoms with Gasteiger partial charge in [-0.3, -0.25) is 9.59 Å². The zero-order chi connectivity index (χ0) is 25.3. The predicted molar refractivity (Wildman–Crippen MR) is 137 cm³/mol. The Kier molecular flexibility index (Phi) is 7.82. The summed E-state index contributed by atoms with van der Waals surface area (Å²) in [7, 11) is -2.42. The van der Waals surface area contributed by atoms with E-state index in [4.69, 9.17) is 16.3 Å². The number of thiophene rings is 1. The number of hydrogen-bond acceptors (Lipinski definition) is 7. The highest BCUT2D eigenvalue weighted by molar-refractivity contribution is 7.91. The second-order valence-corrected chi connectivity index (χ2v) is 13.5. The number of fused-ring (bicyclic) bond motifs is 1. The molecule has 12 heteroatoms. The number of aromatic nitrogens is 1. The van der Waals surface area contributed by atoms with Gasteiger partial charge in [-0.05, 0) is 48.6 Å². The van der Waals surface area contributed by atoms with E-state index in [1.165, 1.54) is 28.8 Å². The zero-order valence-corrected chi connectivity index (χ0v) is 22.8. The average molecular weight is 556 g/mol. The molecule has 0 spiro atoms. The number of hydrogen-bond donors (Lipinski definition) is 0. The number of piperidine rings is 1. The molecule has 3 aromatic rings. The predicted octanol–water partition coefficient (Wildman–Crippen LogP) is 4.24. The van der Waals surface area contributed by atoms with Gasteiger partial charge in [0, 0.05) is 13.1 Å². The molecule has 2 aromatic heterocycles. The van der Waals surface area contributed by atoms with Crippen LogP contribution in [0.1, 0.15) is 38.2 Å². The van der Waals surface area contributed by atoms with Crippen molar-refractivity contribution < 1.29 is 22.7 Å². The highest BCUT2D eigenvalue weighted by Crippen LogP contribution is 2.31. The van der Waals surface area contributed by atoms with Gasteiger partial charge in [0.05, 0.1) is 27.6 Å². The largest absolute Gasteiger partial charge is 0.468 e. The van der Waals surface area contributed by atoms with Crippen molar-refractivity contribution in [2.75, 3.05) is 20.2 Å². The Balaban J connectivity index is 1.66. The van der Waals surface area contributed by atoms with Crippen molar-refractivity contribution >= 4 is 66.4 Å². The van der Waals surface area contributed by atoms with Crippen LogP contribution in [0.4, 0.5) is 0 Å². The summed E-state index contributed by atoms with van der Waals surface area (Å²) in [5.41, 5.74) is 1.93. The number of sulfonamides is 1. The van der Waals surface area contributed by atoms with Gasteiger partial charge in [-0.25, -0.2) is 8.42 Å². The molecule has 0 bridgehead atoms. The Hall–Kier alpha value is -2.05. The quantitative estimate of drug-likeness (QED) is 0.424.